The van der Waals surface area contributed by atoms with Gasteiger partial charge in [0.25, 0.3) is 0 Å². The molecule has 158 valence electrons. The molecule has 3 rings (SSSR count). The molecule has 0 aliphatic carbocycles. The minimum atomic E-state index is -3.69. The molecule has 0 bridgehead atoms. The molecule has 0 aliphatic rings. The Morgan fingerprint density at radius 2 is 1.87 bits per heavy atom. The molecule has 9 heteroatoms. The van der Waals surface area contributed by atoms with E-state index in [1.165, 1.54) is 23.5 Å². The Morgan fingerprint density at radius 3 is 2.57 bits per heavy atom. The first-order valence-electron chi connectivity index (χ1n) is 9.17. The van der Waals surface area contributed by atoms with Gasteiger partial charge in [-0.2, -0.15) is 0 Å². The normalized spacial score (nSPS) is 12.0. The van der Waals surface area contributed by atoms with E-state index in [0.717, 1.165) is 10.6 Å². The number of halogens is 1. The average Bonchev–Trinajstić information content (AvgIpc) is 3.08. The average molecular weight is 464 g/mol. The molecule has 2 N–H and O–H groups in total. The quantitative estimate of drug-likeness (QED) is 0.553. The van der Waals surface area contributed by atoms with Crippen molar-refractivity contribution in [2.45, 2.75) is 37.6 Å². The van der Waals surface area contributed by atoms with Gasteiger partial charge < -0.3 is 5.32 Å². The van der Waals surface area contributed by atoms with Crippen molar-refractivity contribution in [1.82, 2.24) is 9.71 Å². The Morgan fingerprint density at radius 1 is 1.13 bits per heavy atom. The van der Waals surface area contributed by atoms with Crippen LogP contribution in [0.25, 0.3) is 10.6 Å². The van der Waals surface area contributed by atoms with Crippen LogP contribution in [-0.2, 0) is 21.2 Å². The fraction of sp³-hybridized carbons (Fsp3) is 0.238. The SMILES string of the molecule is CC(C)(C)NS(=O)(=O)c1cccc(NC(=O)Cc2csc(-c3ccccc3Cl)n2)c1. The van der Waals surface area contributed by atoms with Gasteiger partial charge in [0.05, 0.1) is 22.0 Å². The van der Waals surface area contributed by atoms with E-state index in [4.69, 9.17) is 11.6 Å². The number of anilines is 1. The van der Waals surface area contributed by atoms with Crippen LogP contribution in [0.2, 0.25) is 5.02 Å². The van der Waals surface area contributed by atoms with Crippen LogP contribution in [0, 0.1) is 0 Å². The lowest BCUT2D eigenvalue weighted by Gasteiger charge is -2.20. The molecule has 1 heterocycles. The number of hydrogen-bond donors (Lipinski definition) is 2. The number of carbonyl (C=O) groups excluding carboxylic acids is 1. The maximum atomic E-state index is 12.5. The summed E-state index contributed by atoms with van der Waals surface area (Å²) in [6.07, 6.45) is 0.0676. The van der Waals surface area contributed by atoms with E-state index >= 15 is 0 Å². The van der Waals surface area contributed by atoms with Gasteiger partial charge in [0.2, 0.25) is 15.9 Å². The summed E-state index contributed by atoms with van der Waals surface area (Å²) >= 11 is 7.62. The predicted molar refractivity (Wildman–Crippen MR) is 121 cm³/mol. The zero-order valence-corrected chi connectivity index (χ0v) is 19.2. The topological polar surface area (TPSA) is 88.2 Å². The van der Waals surface area contributed by atoms with Crippen LogP contribution in [0.15, 0.2) is 58.8 Å². The second-order valence-corrected chi connectivity index (χ2v) is 10.7. The first kappa shape index (κ1) is 22.4. The van der Waals surface area contributed by atoms with E-state index in [0.29, 0.717) is 16.4 Å². The van der Waals surface area contributed by atoms with Crippen molar-refractivity contribution < 1.29 is 13.2 Å². The number of sulfonamides is 1. The standard InChI is InChI=1S/C21H22ClN3O3S2/c1-21(2,3)25-30(27,28)16-8-6-7-14(11-16)23-19(26)12-15-13-29-20(24-15)17-9-4-5-10-18(17)22/h4-11,13,25H,12H2,1-3H3,(H,23,26). The number of hydrogen-bond acceptors (Lipinski definition) is 5. The van der Waals surface area contributed by atoms with Crippen LogP contribution < -0.4 is 10.0 Å². The minimum Gasteiger partial charge on any atom is -0.326 e. The van der Waals surface area contributed by atoms with Gasteiger partial charge in [-0.15, -0.1) is 11.3 Å². The van der Waals surface area contributed by atoms with Gasteiger partial charge in [-0.3, -0.25) is 4.79 Å². The van der Waals surface area contributed by atoms with E-state index in [1.807, 2.05) is 23.6 Å². The number of aromatic nitrogens is 1. The number of thiazole rings is 1. The molecule has 0 spiro atoms. The number of nitrogens with one attached hydrogen (secondary N) is 2. The minimum absolute atomic E-state index is 0.0676. The highest BCUT2D eigenvalue weighted by Crippen LogP contribution is 2.30. The van der Waals surface area contributed by atoms with Crippen LogP contribution in [-0.4, -0.2) is 24.8 Å². The Balaban J connectivity index is 1.70. The monoisotopic (exact) mass is 463 g/mol. The molecule has 0 saturated carbocycles. The molecule has 1 aromatic heterocycles. The third-order valence-corrected chi connectivity index (χ3v) is 6.88. The van der Waals surface area contributed by atoms with Gasteiger partial charge in [0.15, 0.2) is 0 Å². The van der Waals surface area contributed by atoms with Crippen LogP contribution in [0.4, 0.5) is 5.69 Å². The van der Waals surface area contributed by atoms with Crippen molar-refractivity contribution in [2.24, 2.45) is 0 Å². The van der Waals surface area contributed by atoms with Gasteiger partial charge in [-0.05, 0) is 45.0 Å². The van der Waals surface area contributed by atoms with E-state index in [9.17, 15) is 13.2 Å². The summed E-state index contributed by atoms with van der Waals surface area (Å²) in [5.74, 6) is -0.288. The highest BCUT2D eigenvalue weighted by Gasteiger charge is 2.22. The van der Waals surface area contributed by atoms with Crippen molar-refractivity contribution in [3.05, 3.63) is 64.6 Å². The summed E-state index contributed by atoms with van der Waals surface area (Å²) < 4.78 is 27.6. The molecular formula is C21H22ClN3O3S2. The van der Waals surface area contributed by atoms with Crippen molar-refractivity contribution >= 4 is 44.6 Å². The number of amides is 1. The predicted octanol–water partition coefficient (Wildman–Crippen LogP) is 4.72. The van der Waals surface area contributed by atoms with Crippen LogP contribution in [0.5, 0.6) is 0 Å². The second kappa shape index (κ2) is 8.85. The summed E-state index contributed by atoms with van der Waals surface area (Å²) in [5.41, 5.74) is 1.23. The molecular weight excluding hydrogens is 442 g/mol. The number of rotatable bonds is 6. The molecule has 1 amide bonds. The largest absolute Gasteiger partial charge is 0.326 e. The molecule has 0 saturated heterocycles. The Bertz CT molecular complexity index is 1170. The number of nitrogens with zero attached hydrogens (tertiary/aromatic N) is 1. The highest BCUT2D eigenvalue weighted by atomic mass is 35.5. The number of carbonyl (C=O) groups is 1. The molecule has 0 radical (unpaired) electrons. The summed E-state index contributed by atoms with van der Waals surface area (Å²) in [4.78, 5) is 17.0. The maximum absolute atomic E-state index is 12.5. The smallest absolute Gasteiger partial charge is 0.241 e. The van der Waals surface area contributed by atoms with E-state index in [1.54, 1.807) is 39.0 Å². The maximum Gasteiger partial charge on any atom is 0.241 e. The summed E-state index contributed by atoms with van der Waals surface area (Å²) in [7, 11) is -3.69. The molecule has 2 aromatic carbocycles. The summed E-state index contributed by atoms with van der Waals surface area (Å²) in [5, 5.41) is 5.89. The van der Waals surface area contributed by atoms with Gasteiger partial charge in [-0.25, -0.2) is 18.1 Å². The van der Waals surface area contributed by atoms with Crippen molar-refractivity contribution in [2.75, 3.05) is 5.32 Å². The summed E-state index contributed by atoms with van der Waals surface area (Å²) in [6.45, 7) is 5.29. The zero-order valence-electron chi connectivity index (χ0n) is 16.8. The molecule has 6 nitrogen and oxygen atoms in total. The van der Waals surface area contributed by atoms with Crippen LogP contribution in [0.3, 0.4) is 0 Å². The lowest BCUT2D eigenvalue weighted by atomic mass is 10.1. The first-order valence-corrected chi connectivity index (χ1v) is 11.9. The van der Waals surface area contributed by atoms with Gasteiger partial charge in [0, 0.05) is 22.2 Å². The zero-order chi connectivity index (χ0) is 21.9. The number of benzene rings is 2. The third kappa shape index (κ3) is 5.89. The van der Waals surface area contributed by atoms with Crippen LogP contribution in [0.1, 0.15) is 26.5 Å². The second-order valence-electron chi connectivity index (χ2n) is 7.73. The molecule has 0 unspecified atom stereocenters. The Hall–Kier alpha value is -2.26. The van der Waals surface area contributed by atoms with Gasteiger partial charge in [-0.1, -0.05) is 35.9 Å². The molecule has 0 atom stereocenters. The van der Waals surface area contributed by atoms with E-state index < -0.39 is 15.6 Å². The lowest BCUT2D eigenvalue weighted by Crippen LogP contribution is -2.40. The molecule has 0 fully saturated rings. The Kier molecular flexibility index (Phi) is 6.62. The van der Waals surface area contributed by atoms with Gasteiger partial charge in [0.1, 0.15) is 5.01 Å². The fourth-order valence-electron chi connectivity index (χ4n) is 2.72. The Labute approximate surface area is 185 Å². The van der Waals surface area contributed by atoms with Crippen molar-refractivity contribution in [3.63, 3.8) is 0 Å². The van der Waals surface area contributed by atoms with Gasteiger partial charge >= 0.3 is 0 Å². The third-order valence-electron chi connectivity index (χ3n) is 3.87. The molecule has 30 heavy (non-hydrogen) atoms. The lowest BCUT2D eigenvalue weighted by molar-refractivity contribution is -0.115. The molecule has 3 aromatic rings. The fourth-order valence-corrected chi connectivity index (χ4v) is 5.32. The van der Waals surface area contributed by atoms with Crippen molar-refractivity contribution in [1.29, 1.82) is 0 Å². The highest BCUT2D eigenvalue weighted by molar-refractivity contribution is 7.89. The molecule has 0 aliphatic heterocycles. The van der Waals surface area contributed by atoms with Crippen LogP contribution >= 0.6 is 22.9 Å². The van der Waals surface area contributed by atoms with E-state index in [2.05, 4.69) is 15.0 Å². The van der Waals surface area contributed by atoms with Crippen molar-refractivity contribution in [3.8, 4) is 10.6 Å². The van der Waals surface area contributed by atoms with E-state index in [-0.39, 0.29) is 17.2 Å². The first-order chi connectivity index (χ1) is 14.0. The summed E-state index contributed by atoms with van der Waals surface area (Å²) in [6, 6.07) is 13.5.